The highest BCUT2D eigenvalue weighted by Gasteiger charge is 2.09. The fraction of sp³-hybridized carbons (Fsp3) is 0. The predicted octanol–water partition coefficient (Wildman–Crippen LogP) is 4.97. The summed E-state index contributed by atoms with van der Waals surface area (Å²) in [5.41, 5.74) is 1.60. The Morgan fingerprint density at radius 1 is 0.632 bits per heavy atom. The van der Waals surface area contributed by atoms with Crippen LogP contribution in [0.4, 0.5) is 0 Å². The summed E-state index contributed by atoms with van der Waals surface area (Å²) in [4.78, 5) is 0. The smallest absolute Gasteiger partial charge is 0.293 e. The molecule has 19 heavy (non-hydrogen) atoms. The van der Waals surface area contributed by atoms with Crippen LogP contribution in [0.3, 0.4) is 0 Å². The molecule has 0 saturated heterocycles. The standard InChI is InChI=1S/C16H10O3/c1-3-7-13-11(5-1)9-15(17-13)19-16-10-12-6-2-4-8-14(12)18-16/h1-10H. The van der Waals surface area contributed by atoms with Gasteiger partial charge in [-0.15, -0.1) is 0 Å². The Morgan fingerprint density at radius 2 is 1.11 bits per heavy atom. The number of fused-ring (bicyclic) bond motifs is 2. The fourth-order valence-electron chi connectivity index (χ4n) is 2.11. The van der Waals surface area contributed by atoms with Crippen molar-refractivity contribution in [1.29, 1.82) is 0 Å². The topological polar surface area (TPSA) is 35.5 Å². The van der Waals surface area contributed by atoms with Gasteiger partial charge in [-0.25, -0.2) is 0 Å². The summed E-state index contributed by atoms with van der Waals surface area (Å²) in [6, 6.07) is 19.2. The van der Waals surface area contributed by atoms with Crippen molar-refractivity contribution in [2.45, 2.75) is 0 Å². The zero-order valence-electron chi connectivity index (χ0n) is 10.00. The summed E-state index contributed by atoms with van der Waals surface area (Å²) < 4.78 is 16.8. The molecule has 2 aromatic heterocycles. The predicted molar refractivity (Wildman–Crippen MR) is 72.5 cm³/mol. The highest BCUT2D eigenvalue weighted by atomic mass is 16.6. The number of para-hydroxylation sites is 2. The first-order chi connectivity index (χ1) is 9.38. The fourth-order valence-corrected chi connectivity index (χ4v) is 2.11. The van der Waals surface area contributed by atoms with E-state index in [2.05, 4.69) is 0 Å². The van der Waals surface area contributed by atoms with Crippen LogP contribution >= 0.6 is 0 Å². The van der Waals surface area contributed by atoms with Gasteiger partial charge in [-0.2, -0.15) is 0 Å². The molecule has 0 bridgehead atoms. The normalized spacial score (nSPS) is 11.2. The third kappa shape index (κ3) is 1.76. The van der Waals surface area contributed by atoms with Gasteiger partial charge in [0.1, 0.15) is 11.2 Å². The van der Waals surface area contributed by atoms with Gasteiger partial charge in [-0.05, 0) is 12.1 Å². The molecule has 0 spiro atoms. The Kier molecular flexibility index (Phi) is 2.12. The average molecular weight is 250 g/mol. The van der Waals surface area contributed by atoms with Gasteiger partial charge < -0.3 is 13.6 Å². The minimum atomic E-state index is 0.431. The number of benzene rings is 2. The highest BCUT2D eigenvalue weighted by molar-refractivity contribution is 5.79. The lowest BCUT2D eigenvalue weighted by atomic mass is 10.3. The van der Waals surface area contributed by atoms with Crippen LogP contribution in [0.25, 0.3) is 21.9 Å². The van der Waals surface area contributed by atoms with E-state index in [9.17, 15) is 0 Å². The molecule has 2 heterocycles. The van der Waals surface area contributed by atoms with Crippen molar-refractivity contribution < 1.29 is 13.6 Å². The monoisotopic (exact) mass is 250 g/mol. The van der Waals surface area contributed by atoms with Gasteiger partial charge >= 0.3 is 0 Å². The molecule has 4 rings (SSSR count). The molecule has 3 nitrogen and oxygen atoms in total. The molecular formula is C16H10O3. The van der Waals surface area contributed by atoms with Gasteiger partial charge in [0.05, 0.1) is 0 Å². The Morgan fingerprint density at radius 3 is 1.58 bits per heavy atom. The van der Waals surface area contributed by atoms with E-state index in [1.165, 1.54) is 0 Å². The van der Waals surface area contributed by atoms with E-state index >= 15 is 0 Å². The third-order valence-electron chi connectivity index (χ3n) is 3.01. The summed E-state index contributed by atoms with van der Waals surface area (Å²) in [5, 5.41) is 2.02. The number of ether oxygens (including phenoxy) is 1. The molecule has 0 saturated carbocycles. The summed E-state index contributed by atoms with van der Waals surface area (Å²) in [5.74, 6) is 0.862. The molecule has 2 aromatic carbocycles. The van der Waals surface area contributed by atoms with Crippen molar-refractivity contribution in [2.75, 3.05) is 0 Å². The SMILES string of the molecule is c1ccc2oc(Oc3cc4ccccc4o3)cc2c1. The number of hydrogen-bond donors (Lipinski definition) is 0. The molecule has 4 aromatic rings. The first-order valence-corrected chi connectivity index (χ1v) is 6.03. The van der Waals surface area contributed by atoms with Gasteiger partial charge in [-0.3, -0.25) is 0 Å². The average Bonchev–Trinajstić information content (AvgIpc) is 3.00. The Labute approximate surface area is 109 Å². The number of furan rings is 2. The van der Waals surface area contributed by atoms with Crippen LogP contribution in [0.1, 0.15) is 0 Å². The zero-order valence-corrected chi connectivity index (χ0v) is 10.00. The summed E-state index contributed by atoms with van der Waals surface area (Å²) >= 11 is 0. The highest BCUT2D eigenvalue weighted by Crippen LogP contribution is 2.32. The van der Waals surface area contributed by atoms with Gasteiger partial charge in [-0.1, -0.05) is 36.4 Å². The number of hydrogen-bond acceptors (Lipinski definition) is 3. The molecule has 0 amide bonds. The maximum absolute atomic E-state index is 5.62. The molecule has 0 atom stereocenters. The van der Waals surface area contributed by atoms with Crippen molar-refractivity contribution in [3.63, 3.8) is 0 Å². The lowest BCUT2D eigenvalue weighted by Crippen LogP contribution is -1.76. The van der Waals surface area contributed by atoms with Crippen LogP contribution < -0.4 is 4.74 Å². The second-order valence-electron chi connectivity index (χ2n) is 4.31. The van der Waals surface area contributed by atoms with E-state index in [4.69, 9.17) is 13.6 Å². The van der Waals surface area contributed by atoms with Crippen LogP contribution in [-0.4, -0.2) is 0 Å². The first-order valence-electron chi connectivity index (χ1n) is 6.03. The van der Waals surface area contributed by atoms with Crippen LogP contribution in [0.15, 0.2) is 69.5 Å². The van der Waals surface area contributed by atoms with Gasteiger partial charge in [0, 0.05) is 22.9 Å². The van der Waals surface area contributed by atoms with E-state index in [1.807, 2.05) is 60.7 Å². The molecule has 0 N–H and O–H groups in total. The molecule has 0 aliphatic rings. The number of rotatable bonds is 2. The maximum Gasteiger partial charge on any atom is 0.293 e. The molecule has 0 radical (unpaired) electrons. The molecule has 0 unspecified atom stereocenters. The minimum Gasteiger partial charge on any atom is -0.425 e. The third-order valence-corrected chi connectivity index (χ3v) is 3.01. The van der Waals surface area contributed by atoms with Crippen LogP contribution in [0, 0.1) is 0 Å². The second kappa shape index (κ2) is 3.92. The van der Waals surface area contributed by atoms with Crippen molar-refractivity contribution in [3.05, 3.63) is 60.7 Å². The van der Waals surface area contributed by atoms with E-state index in [0.717, 1.165) is 21.9 Å². The molecule has 0 fully saturated rings. The molecule has 92 valence electrons. The Balaban J connectivity index is 1.73. The van der Waals surface area contributed by atoms with Crippen molar-refractivity contribution in [2.24, 2.45) is 0 Å². The van der Waals surface area contributed by atoms with Crippen LogP contribution in [0.2, 0.25) is 0 Å². The second-order valence-corrected chi connectivity index (χ2v) is 4.31. The lowest BCUT2D eigenvalue weighted by Gasteiger charge is -1.94. The largest absolute Gasteiger partial charge is 0.425 e. The van der Waals surface area contributed by atoms with E-state index in [1.54, 1.807) is 0 Å². The van der Waals surface area contributed by atoms with Gasteiger partial charge in [0.25, 0.3) is 11.9 Å². The maximum atomic E-state index is 5.62. The van der Waals surface area contributed by atoms with Gasteiger partial charge in [0.2, 0.25) is 0 Å². The van der Waals surface area contributed by atoms with Crippen molar-refractivity contribution in [1.82, 2.24) is 0 Å². The van der Waals surface area contributed by atoms with Crippen LogP contribution in [0.5, 0.6) is 11.9 Å². The summed E-state index contributed by atoms with van der Waals surface area (Å²) in [6.45, 7) is 0. The Bertz CT molecular complexity index is 716. The molecule has 0 aliphatic carbocycles. The summed E-state index contributed by atoms with van der Waals surface area (Å²) in [6.07, 6.45) is 0. The quantitative estimate of drug-likeness (QED) is 0.503. The van der Waals surface area contributed by atoms with Gasteiger partial charge in [0.15, 0.2) is 0 Å². The van der Waals surface area contributed by atoms with Crippen molar-refractivity contribution >= 4 is 21.9 Å². The summed E-state index contributed by atoms with van der Waals surface area (Å²) in [7, 11) is 0. The van der Waals surface area contributed by atoms with E-state index < -0.39 is 0 Å². The minimum absolute atomic E-state index is 0.431. The van der Waals surface area contributed by atoms with E-state index in [-0.39, 0.29) is 0 Å². The van der Waals surface area contributed by atoms with E-state index in [0.29, 0.717) is 11.9 Å². The zero-order chi connectivity index (χ0) is 12.7. The van der Waals surface area contributed by atoms with Crippen molar-refractivity contribution in [3.8, 4) is 11.9 Å². The molecule has 0 aliphatic heterocycles. The lowest BCUT2D eigenvalue weighted by molar-refractivity contribution is 0.295. The molecule has 3 heteroatoms. The molecular weight excluding hydrogens is 240 g/mol. The first kappa shape index (κ1) is 10.3. The Hall–Kier alpha value is -2.68. The van der Waals surface area contributed by atoms with Crippen LogP contribution in [-0.2, 0) is 0 Å².